The van der Waals surface area contributed by atoms with E-state index >= 15 is 0 Å². The number of carbonyl (C=O) groups is 1. The standard InChI is InChI=1S/C8H7NO3/c1-9-12-7-4-2-6(3-5-7)8(10)11/h2-5H,1H2,(H,10,11). The molecule has 0 saturated heterocycles. The summed E-state index contributed by atoms with van der Waals surface area (Å²) in [6.45, 7) is 3.12. The van der Waals surface area contributed by atoms with Crippen molar-refractivity contribution in [1.29, 1.82) is 0 Å². The first-order valence-corrected chi connectivity index (χ1v) is 3.20. The second-order valence-electron chi connectivity index (χ2n) is 2.05. The fourth-order valence-electron chi connectivity index (χ4n) is 0.733. The first-order valence-electron chi connectivity index (χ1n) is 3.20. The Morgan fingerprint density at radius 3 is 2.42 bits per heavy atom. The third-order valence-corrected chi connectivity index (χ3v) is 1.27. The number of oxime groups is 1. The smallest absolute Gasteiger partial charge is 0.335 e. The van der Waals surface area contributed by atoms with E-state index in [2.05, 4.69) is 16.7 Å². The first-order chi connectivity index (χ1) is 5.74. The van der Waals surface area contributed by atoms with E-state index in [0.29, 0.717) is 5.75 Å². The number of nitrogens with zero attached hydrogens (tertiary/aromatic N) is 1. The molecule has 0 aliphatic rings. The zero-order chi connectivity index (χ0) is 8.97. The molecule has 0 aliphatic heterocycles. The third kappa shape index (κ3) is 1.82. The van der Waals surface area contributed by atoms with Gasteiger partial charge in [-0.05, 0) is 24.3 Å². The van der Waals surface area contributed by atoms with Crippen LogP contribution in [0.4, 0.5) is 0 Å². The van der Waals surface area contributed by atoms with E-state index in [1.54, 1.807) is 0 Å². The summed E-state index contributed by atoms with van der Waals surface area (Å²) in [6, 6.07) is 5.89. The SMILES string of the molecule is C=NOc1ccc(C(=O)O)cc1. The van der Waals surface area contributed by atoms with Crippen molar-refractivity contribution in [3.05, 3.63) is 29.8 Å². The summed E-state index contributed by atoms with van der Waals surface area (Å²) in [6.07, 6.45) is 0. The second-order valence-corrected chi connectivity index (χ2v) is 2.05. The third-order valence-electron chi connectivity index (χ3n) is 1.27. The van der Waals surface area contributed by atoms with Crippen molar-refractivity contribution in [3.8, 4) is 5.75 Å². The topological polar surface area (TPSA) is 58.9 Å². The van der Waals surface area contributed by atoms with Crippen LogP contribution in [-0.2, 0) is 0 Å². The highest BCUT2D eigenvalue weighted by Gasteiger charge is 2.01. The Kier molecular flexibility index (Phi) is 2.42. The molecule has 0 atom stereocenters. The van der Waals surface area contributed by atoms with Crippen LogP contribution in [0.5, 0.6) is 5.75 Å². The van der Waals surface area contributed by atoms with Crippen LogP contribution in [0.3, 0.4) is 0 Å². The normalized spacial score (nSPS) is 9.00. The van der Waals surface area contributed by atoms with Crippen LogP contribution in [0.1, 0.15) is 10.4 Å². The Hall–Kier alpha value is -1.84. The maximum Gasteiger partial charge on any atom is 0.335 e. The highest BCUT2D eigenvalue weighted by molar-refractivity contribution is 5.87. The summed E-state index contributed by atoms with van der Waals surface area (Å²) >= 11 is 0. The van der Waals surface area contributed by atoms with Crippen LogP contribution in [0.15, 0.2) is 29.4 Å². The second kappa shape index (κ2) is 3.52. The minimum Gasteiger partial charge on any atom is -0.478 e. The van der Waals surface area contributed by atoms with Crippen molar-refractivity contribution in [3.63, 3.8) is 0 Å². The van der Waals surface area contributed by atoms with Gasteiger partial charge in [-0.15, -0.1) is 0 Å². The minimum atomic E-state index is -0.965. The molecular formula is C8H7NO3. The molecule has 12 heavy (non-hydrogen) atoms. The molecule has 1 aromatic carbocycles. The van der Waals surface area contributed by atoms with Crippen molar-refractivity contribution in [1.82, 2.24) is 0 Å². The Balaban J connectivity index is 2.85. The molecular weight excluding hydrogens is 158 g/mol. The van der Waals surface area contributed by atoms with Gasteiger partial charge in [0, 0.05) is 6.72 Å². The fourth-order valence-corrected chi connectivity index (χ4v) is 0.733. The van der Waals surface area contributed by atoms with E-state index in [9.17, 15) is 4.79 Å². The van der Waals surface area contributed by atoms with Gasteiger partial charge in [-0.25, -0.2) is 4.79 Å². The predicted octanol–water partition coefficient (Wildman–Crippen LogP) is 1.38. The monoisotopic (exact) mass is 165 g/mol. The zero-order valence-electron chi connectivity index (χ0n) is 6.23. The van der Waals surface area contributed by atoms with Crippen molar-refractivity contribution in [2.75, 3.05) is 0 Å². The van der Waals surface area contributed by atoms with Gasteiger partial charge in [-0.1, -0.05) is 5.16 Å². The van der Waals surface area contributed by atoms with Gasteiger partial charge in [-0.3, -0.25) is 0 Å². The van der Waals surface area contributed by atoms with E-state index in [0.717, 1.165) is 0 Å². The number of carboxylic acid groups (broad SMARTS) is 1. The van der Waals surface area contributed by atoms with Gasteiger partial charge in [0.15, 0.2) is 5.75 Å². The molecule has 62 valence electrons. The lowest BCUT2D eigenvalue weighted by atomic mass is 10.2. The van der Waals surface area contributed by atoms with Crippen LogP contribution in [0.25, 0.3) is 0 Å². The Morgan fingerprint density at radius 1 is 1.42 bits per heavy atom. The molecule has 0 aliphatic carbocycles. The molecule has 0 spiro atoms. The maximum atomic E-state index is 10.4. The molecule has 4 nitrogen and oxygen atoms in total. The highest BCUT2D eigenvalue weighted by Crippen LogP contribution is 2.11. The van der Waals surface area contributed by atoms with E-state index in [1.807, 2.05) is 0 Å². The molecule has 1 N–H and O–H groups in total. The van der Waals surface area contributed by atoms with Crippen molar-refractivity contribution in [2.24, 2.45) is 5.16 Å². The van der Waals surface area contributed by atoms with Crippen molar-refractivity contribution >= 4 is 12.7 Å². The number of hydrogen-bond acceptors (Lipinski definition) is 3. The zero-order valence-corrected chi connectivity index (χ0v) is 6.23. The molecule has 0 aromatic heterocycles. The Labute approximate surface area is 69.1 Å². The van der Waals surface area contributed by atoms with Crippen molar-refractivity contribution < 1.29 is 14.7 Å². The molecule has 4 heteroatoms. The van der Waals surface area contributed by atoms with Crippen LogP contribution in [0.2, 0.25) is 0 Å². The lowest BCUT2D eigenvalue weighted by molar-refractivity contribution is 0.0697. The molecule has 1 aromatic rings. The molecule has 0 heterocycles. The molecule has 0 bridgehead atoms. The molecule has 0 fully saturated rings. The number of benzene rings is 1. The van der Waals surface area contributed by atoms with E-state index < -0.39 is 5.97 Å². The van der Waals surface area contributed by atoms with Gasteiger partial charge in [0.1, 0.15) is 0 Å². The summed E-state index contributed by atoms with van der Waals surface area (Å²) in [4.78, 5) is 15.1. The molecule has 1 rings (SSSR count). The quantitative estimate of drug-likeness (QED) is 0.543. The van der Waals surface area contributed by atoms with E-state index in [1.165, 1.54) is 24.3 Å². The van der Waals surface area contributed by atoms with Crippen LogP contribution < -0.4 is 4.84 Å². The van der Waals surface area contributed by atoms with Gasteiger partial charge in [0.2, 0.25) is 0 Å². The average molecular weight is 165 g/mol. The summed E-state index contributed by atoms with van der Waals surface area (Å²) in [5.41, 5.74) is 0.214. The number of rotatable bonds is 3. The molecule has 0 unspecified atom stereocenters. The minimum absolute atomic E-state index is 0.214. The van der Waals surface area contributed by atoms with Crippen molar-refractivity contribution in [2.45, 2.75) is 0 Å². The predicted molar refractivity (Wildman–Crippen MR) is 43.6 cm³/mol. The van der Waals surface area contributed by atoms with Gasteiger partial charge in [0.05, 0.1) is 5.56 Å². The fraction of sp³-hybridized carbons (Fsp3) is 0. The Morgan fingerprint density at radius 2 is 2.00 bits per heavy atom. The number of carboxylic acids is 1. The van der Waals surface area contributed by atoms with Gasteiger partial charge >= 0.3 is 5.97 Å². The van der Waals surface area contributed by atoms with E-state index in [-0.39, 0.29) is 5.56 Å². The summed E-state index contributed by atoms with van der Waals surface area (Å²) in [7, 11) is 0. The lowest BCUT2D eigenvalue weighted by Gasteiger charge is -1.97. The number of aromatic carboxylic acids is 1. The lowest BCUT2D eigenvalue weighted by Crippen LogP contribution is -1.94. The summed E-state index contributed by atoms with van der Waals surface area (Å²) in [5, 5.41) is 11.7. The van der Waals surface area contributed by atoms with Crippen LogP contribution >= 0.6 is 0 Å². The molecule has 0 amide bonds. The number of hydrogen-bond donors (Lipinski definition) is 1. The highest BCUT2D eigenvalue weighted by atomic mass is 16.6. The summed E-state index contributed by atoms with van der Waals surface area (Å²) in [5.74, 6) is -0.497. The summed E-state index contributed by atoms with van der Waals surface area (Å²) < 4.78 is 0. The maximum absolute atomic E-state index is 10.4. The van der Waals surface area contributed by atoms with E-state index in [4.69, 9.17) is 5.11 Å². The largest absolute Gasteiger partial charge is 0.478 e. The average Bonchev–Trinajstić information content (AvgIpc) is 2.06. The first kappa shape index (κ1) is 8.26. The molecule has 0 radical (unpaired) electrons. The van der Waals surface area contributed by atoms with Gasteiger partial charge in [-0.2, -0.15) is 0 Å². The molecule has 0 saturated carbocycles. The van der Waals surface area contributed by atoms with Crippen LogP contribution in [0, 0.1) is 0 Å². The van der Waals surface area contributed by atoms with Gasteiger partial charge in [0.25, 0.3) is 0 Å². The van der Waals surface area contributed by atoms with Crippen LogP contribution in [-0.4, -0.2) is 17.8 Å². The van der Waals surface area contributed by atoms with Gasteiger partial charge < -0.3 is 9.94 Å². The Bertz CT molecular complexity index is 292.